The summed E-state index contributed by atoms with van der Waals surface area (Å²) in [5.74, 6) is 0.401. The highest BCUT2D eigenvalue weighted by molar-refractivity contribution is 7.98. The Balaban J connectivity index is 1.92. The molecule has 1 saturated heterocycles. The van der Waals surface area contributed by atoms with Crippen molar-refractivity contribution in [2.24, 2.45) is 0 Å². The van der Waals surface area contributed by atoms with Crippen LogP contribution >= 0.6 is 11.8 Å². The summed E-state index contributed by atoms with van der Waals surface area (Å²) in [4.78, 5) is 22.6. The molecule has 1 fully saturated rings. The number of aromatic nitrogens is 2. The molecule has 5 nitrogen and oxygen atoms in total. The van der Waals surface area contributed by atoms with Gasteiger partial charge in [0, 0.05) is 30.9 Å². The van der Waals surface area contributed by atoms with Crippen LogP contribution in [0.2, 0.25) is 0 Å². The standard InChI is InChI=1S/C15H23N3O2S/c1-15(2,3)20-14(19)18-9-6-11(7-10-18)12-5-8-16-13(17-12)21-4/h5,8,11H,6-7,9-10H2,1-4H3. The zero-order chi connectivity index (χ0) is 15.5. The predicted octanol–water partition coefficient (Wildman–Crippen LogP) is 3.31. The lowest BCUT2D eigenvalue weighted by Gasteiger charge is -2.33. The third-order valence-electron chi connectivity index (χ3n) is 3.40. The van der Waals surface area contributed by atoms with Gasteiger partial charge in [0.05, 0.1) is 0 Å². The molecule has 0 aromatic carbocycles. The van der Waals surface area contributed by atoms with Crippen LogP contribution in [0.15, 0.2) is 17.4 Å². The van der Waals surface area contributed by atoms with E-state index in [0.717, 1.165) is 36.8 Å². The van der Waals surface area contributed by atoms with E-state index in [0.29, 0.717) is 5.92 Å². The minimum atomic E-state index is -0.437. The lowest BCUT2D eigenvalue weighted by molar-refractivity contribution is 0.0204. The highest BCUT2D eigenvalue weighted by Crippen LogP contribution is 2.28. The molecule has 0 N–H and O–H groups in total. The van der Waals surface area contributed by atoms with Crippen LogP contribution in [-0.2, 0) is 4.74 Å². The molecule has 0 atom stereocenters. The third kappa shape index (κ3) is 4.59. The molecule has 1 aliphatic rings. The molecule has 0 bridgehead atoms. The van der Waals surface area contributed by atoms with E-state index in [1.807, 2.05) is 39.3 Å². The van der Waals surface area contributed by atoms with E-state index in [2.05, 4.69) is 9.97 Å². The highest BCUT2D eigenvalue weighted by atomic mass is 32.2. The number of thioether (sulfide) groups is 1. The van der Waals surface area contributed by atoms with Crippen LogP contribution in [0.4, 0.5) is 4.79 Å². The fraction of sp³-hybridized carbons (Fsp3) is 0.667. The number of hydrogen-bond acceptors (Lipinski definition) is 5. The lowest BCUT2D eigenvalue weighted by Crippen LogP contribution is -2.41. The summed E-state index contributed by atoms with van der Waals surface area (Å²) in [6.07, 6.45) is 5.42. The van der Waals surface area contributed by atoms with Gasteiger partial charge in [0.2, 0.25) is 0 Å². The van der Waals surface area contributed by atoms with Crippen LogP contribution in [0, 0.1) is 0 Å². The van der Waals surface area contributed by atoms with Crippen molar-refractivity contribution >= 4 is 17.9 Å². The van der Waals surface area contributed by atoms with Gasteiger partial charge < -0.3 is 9.64 Å². The Morgan fingerprint density at radius 3 is 2.62 bits per heavy atom. The first-order valence-corrected chi connectivity index (χ1v) is 8.46. The molecule has 2 heterocycles. The second kappa shape index (κ2) is 6.64. The average Bonchev–Trinajstić information content (AvgIpc) is 2.46. The molecule has 0 unspecified atom stereocenters. The van der Waals surface area contributed by atoms with Crippen molar-refractivity contribution in [3.63, 3.8) is 0 Å². The molecule has 1 aliphatic heterocycles. The van der Waals surface area contributed by atoms with Crippen molar-refractivity contribution in [2.75, 3.05) is 19.3 Å². The molecule has 116 valence electrons. The van der Waals surface area contributed by atoms with Crippen LogP contribution in [0.3, 0.4) is 0 Å². The fourth-order valence-corrected chi connectivity index (χ4v) is 2.73. The lowest BCUT2D eigenvalue weighted by atomic mass is 9.93. The van der Waals surface area contributed by atoms with Gasteiger partial charge in [-0.3, -0.25) is 0 Å². The number of carbonyl (C=O) groups is 1. The molecule has 0 spiro atoms. The Bertz CT molecular complexity index is 494. The van der Waals surface area contributed by atoms with E-state index in [4.69, 9.17) is 4.74 Å². The molecule has 21 heavy (non-hydrogen) atoms. The van der Waals surface area contributed by atoms with E-state index < -0.39 is 5.60 Å². The minimum absolute atomic E-state index is 0.214. The van der Waals surface area contributed by atoms with Gasteiger partial charge in [0.15, 0.2) is 5.16 Å². The minimum Gasteiger partial charge on any atom is -0.444 e. The van der Waals surface area contributed by atoms with Gasteiger partial charge in [-0.2, -0.15) is 0 Å². The average molecular weight is 309 g/mol. The maximum Gasteiger partial charge on any atom is 0.410 e. The van der Waals surface area contributed by atoms with Gasteiger partial charge in [0.1, 0.15) is 5.60 Å². The summed E-state index contributed by atoms with van der Waals surface area (Å²) in [6, 6.07) is 1.98. The second-order valence-electron chi connectivity index (χ2n) is 6.21. The van der Waals surface area contributed by atoms with Crippen molar-refractivity contribution in [3.05, 3.63) is 18.0 Å². The van der Waals surface area contributed by atoms with Crippen molar-refractivity contribution < 1.29 is 9.53 Å². The first-order chi connectivity index (χ1) is 9.89. The number of ether oxygens (including phenoxy) is 1. The first kappa shape index (κ1) is 16.1. The fourth-order valence-electron chi connectivity index (χ4n) is 2.36. The molecule has 0 aliphatic carbocycles. The molecule has 0 radical (unpaired) electrons. The summed E-state index contributed by atoms with van der Waals surface area (Å²) in [5, 5.41) is 0.807. The van der Waals surface area contributed by atoms with E-state index in [1.165, 1.54) is 0 Å². The maximum atomic E-state index is 12.0. The smallest absolute Gasteiger partial charge is 0.410 e. The molecule has 1 aromatic rings. The van der Waals surface area contributed by atoms with E-state index in [9.17, 15) is 4.79 Å². The van der Waals surface area contributed by atoms with Crippen molar-refractivity contribution in [1.29, 1.82) is 0 Å². The molecular formula is C15H23N3O2S. The summed E-state index contributed by atoms with van der Waals surface area (Å²) in [7, 11) is 0. The highest BCUT2D eigenvalue weighted by Gasteiger charge is 2.28. The van der Waals surface area contributed by atoms with Crippen molar-refractivity contribution in [2.45, 2.75) is 50.3 Å². The Morgan fingerprint density at radius 1 is 1.38 bits per heavy atom. The Labute approximate surface area is 130 Å². The predicted molar refractivity (Wildman–Crippen MR) is 83.6 cm³/mol. The molecule has 6 heteroatoms. The summed E-state index contributed by atoms with van der Waals surface area (Å²) in [5.41, 5.74) is 0.645. The SMILES string of the molecule is CSc1nccc(C2CCN(C(=O)OC(C)(C)C)CC2)n1. The van der Waals surface area contributed by atoms with Crippen molar-refractivity contribution in [1.82, 2.24) is 14.9 Å². The number of carbonyl (C=O) groups excluding carboxylic acids is 1. The normalized spacial score (nSPS) is 16.9. The van der Waals surface area contributed by atoms with Gasteiger partial charge in [-0.25, -0.2) is 14.8 Å². The molecule has 1 aromatic heterocycles. The zero-order valence-corrected chi connectivity index (χ0v) is 13.9. The quantitative estimate of drug-likeness (QED) is 0.619. The Morgan fingerprint density at radius 2 is 2.05 bits per heavy atom. The van der Waals surface area contributed by atoms with Crippen molar-refractivity contribution in [3.8, 4) is 0 Å². The number of hydrogen-bond donors (Lipinski definition) is 0. The van der Waals surface area contributed by atoms with Crippen LogP contribution in [-0.4, -0.2) is 45.9 Å². The van der Waals surface area contributed by atoms with Gasteiger partial charge in [-0.15, -0.1) is 0 Å². The largest absolute Gasteiger partial charge is 0.444 e. The maximum absolute atomic E-state index is 12.0. The van der Waals surface area contributed by atoms with E-state index in [-0.39, 0.29) is 6.09 Å². The molecule has 1 amide bonds. The number of amides is 1. The van der Waals surface area contributed by atoms with E-state index >= 15 is 0 Å². The van der Waals surface area contributed by atoms with Crippen LogP contribution < -0.4 is 0 Å². The summed E-state index contributed by atoms with van der Waals surface area (Å²) in [6.45, 7) is 7.11. The summed E-state index contributed by atoms with van der Waals surface area (Å²) >= 11 is 1.55. The topological polar surface area (TPSA) is 55.3 Å². The second-order valence-corrected chi connectivity index (χ2v) is 6.98. The number of nitrogens with zero attached hydrogens (tertiary/aromatic N) is 3. The van der Waals surface area contributed by atoms with Crippen LogP contribution in [0.25, 0.3) is 0 Å². The monoisotopic (exact) mass is 309 g/mol. The number of piperidine rings is 1. The van der Waals surface area contributed by atoms with Crippen LogP contribution in [0.5, 0.6) is 0 Å². The summed E-state index contributed by atoms with van der Waals surface area (Å²) < 4.78 is 5.41. The van der Waals surface area contributed by atoms with E-state index in [1.54, 1.807) is 16.7 Å². The van der Waals surface area contributed by atoms with Gasteiger partial charge in [-0.1, -0.05) is 11.8 Å². The number of rotatable bonds is 2. The Hall–Kier alpha value is -1.30. The number of likely N-dealkylation sites (tertiary alicyclic amines) is 1. The van der Waals surface area contributed by atoms with Gasteiger partial charge in [-0.05, 0) is 45.9 Å². The third-order valence-corrected chi connectivity index (χ3v) is 3.96. The molecule has 2 rings (SSSR count). The van der Waals surface area contributed by atoms with Crippen LogP contribution in [0.1, 0.15) is 45.2 Å². The molecule has 0 saturated carbocycles. The van der Waals surface area contributed by atoms with Gasteiger partial charge in [0.25, 0.3) is 0 Å². The zero-order valence-electron chi connectivity index (χ0n) is 13.1. The van der Waals surface area contributed by atoms with Gasteiger partial charge >= 0.3 is 6.09 Å². The Kier molecular flexibility index (Phi) is 5.08. The first-order valence-electron chi connectivity index (χ1n) is 7.24. The molecular weight excluding hydrogens is 286 g/mol.